The molecule has 1 unspecified atom stereocenters. The molecule has 1 atom stereocenters. The lowest BCUT2D eigenvalue weighted by atomic mass is 10.1. The van der Waals surface area contributed by atoms with E-state index in [1.54, 1.807) is 25.1 Å². The maximum Gasteiger partial charge on any atom is 0.211 e. The molecule has 102 valence electrons. The van der Waals surface area contributed by atoms with Gasteiger partial charge in [0, 0.05) is 12.4 Å². The number of alkyl halides is 1. The first-order valence-corrected chi connectivity index (χ1v) is 7.90. The van der Waals surface area contributed by atoms with Gasteiger partial charge in [-0.25, -0.2) is 17.5 Å². The fourth-order valence-corrected chi connectivity index (χ4v) is 3.16. The molecule has 0 amide bonds. The predicted molar refractivity (Wildman–Crippen MR) is 71.8 cm³/mol. The lowest BCUT2D eigenvalue weighted by molar-refractivity contribution is 0.566. The maximum absolute atomic E-state index is 13.3. The van der Waals surface area contributed by atoms with Crippen molar-refractivity contribution in [3.05, 3.63) is 35.6 Å². The van der Waals surface area contributed by atoms with Crippen molar-refractivity contribution in [3.8, 4) is 0 Å². The zero-order chi connectivity index (χ0) is 13.6. The molecule has 1 aromatic carbocycles. The summed E-state index contributed by atoms with van der Waals surface area (Å²) in [7, 11) is -3.33. The first-order valence-electron chi connectivity index (χ1n) is 5.71. The first-order chi connectivity index (χ1) is 8.44. The standard InChI is InChI=1S/C12H17ClFNO2S/c1-10(8-13)9-18(16,17)15-7-6-11-4-2-3-5-12(11)14/h2-5,10,15H,6-9H2,1H3. The SMILES string of the molecule is CC(CCl)CS(=O)(=O)NCCc1ccccc1F. The summed E-state index contributed by atoms with van der Waals surface area (Å²) in [5.41, 5.74) is 0.505. The molecule has 6 heteroatoms. The molecule has 0 aromatic heterocycles. The number of halogens is 2. The Morgan fingerprint density at radius 1 is 1.39 bits per heavy atom. The van der Waals surface area contributed by atoms with Crippen LogP contribution in [0.5, 0.6) is 0 Å². The molecule has 1 N–H and O–H groups in total. The second-order valence-corrected chi connectivity index (χ2v) is 6.44. The third-order valence-electron chi connectivity index (χ3n) is 2.44. The molecule has 0 radical (unpaired) electrons. The van der Waals surface area contributed by atoms with E-state index in [0.29, 0.717) is 17.9 Å². The topological polar surface area (TPSA) is 46.2 Å². The maximum atomic E-state index is 13.3. The van der Waals surface area contributed by atoms with Crippen LogP contribution >= 0.6 is 11.6 Å². The van der Waals surface area contributed by atoms with Crippen molar-refractivity contribution in [3.63, 3.8) is 0 Å². The van der Waals surface area contributed by atoms with Crippen LogP contribution in [0.4, 0.5) is 4.39 Å². The Hall–Kier alpha value is -0.650. The highest BCUT2D eigenvalue weighted by Crippen LogP contribution is 2.07. The second-order valence-electron chi connectivity index (χ2n) is 4.28. The van der Waals surface area contributed by atoms with Crippen molar-refractivity contribution in [2.24, 2.45) is 5.92 Å². The van der Waals surface area contributed by atoms with Gasteiger partial charge < -0.3 is 0 Å². The summed E-state index contributed by atoms with van der Waals surface area (Å²) < 4.78 is 38.9. The molecule has 18 heavy (non-hydrogen) atoms. The van der Waals surface area contributed by atoms with Crippen molar-refractivity contribution < 1.29 is 12.8 Å². The normalized spacial score (nSPS) is 13.5. The third-order valence-corrected chi connectivity index (χ3v) is 4.62. The van der Waals surface area contributed by atoms with Gasteiger partial charge in [0.1, 0.15) is 5.82 Å². The first kappa shape index (κ1) is 15.4. The summed E-state index contributed by atoms with van der Waals surface area (Å²) in [6, 6.07) is 6.33. The van der Waals surface area contributed by atoms with E-state index >= 15 is 0 Å². The summed E-state index contributed by atoms with van der Waals surface area (Å²) in [5.74, 6) is -0.120. The minimum atomic E-state index is -3.33. The summed E-state index contributed by atoms with van der Waals surface area (Å²) in [4.78, 5) is 0. The lowest BCUT2D eigenvalue weighted by Gasteiger charge is -2.10. The molecule has 0 aliphatic carbocycles. The Morgan fingerprint density at radius 2 is 2.06 bits per heavy atom. The smallest absolute Gasteiger partial charge is 0.211 e. The van der Waals surface area contributed by atoms with Crippen LogP contribution in [0.1, 0.15) is 12.5 Å². The summed E-state index contributed by atoms with van der Waals surface area (Å²) in [6.45, 7) is 1.96. The minimum Gasteiger partial charge on any atom is -0.215 e. The van der Waals surface area contributed by atoms with Crippen LogP contribution in [-0.2, 0) is 16.4 Å². The average molecular weight is 294 g/mol. The summed E-state index contributed by atoms with van der Waals surface area (Å²) >= 11 is 5.57. The van der Waals surface area contributed by atoms with Gasteiger partial charge in [0.15, 0.2) is 0 Å². The monoisotopic (exact) mass is 293 g/mol. The molecule has 0 aliphatic heterocycles. The molecule has 0 saturated carbocycles. The Morgan fingerprint density at radius 3 is 2.67 bits per heavy atom. The van der Waals surface area contributed by atoms with Crippen molar-refractivity contribution in [2.45, 2.75) is 13.3 Å². The minimum absolute atomic E-state index is 0.00618. The van der Waals surface area contributed by atoms with E-state index < -0.39 is 10.0 Å². The number of hydrogen-bond acceptors (Lipinski definition) is 2. The zero-order valence-electron chi connectivity index (χ0n) is 10.2. The van der Waals surface area contributed by atoms with Crippen molar-refractivity contribution in [2.75, 3.05) is 18.2 Å². The quantitative estimate of drug-likeness (QED) is 0.783. The molecular weight excluding hydrogens is 277 g/mol. The Kier molecular flexibility index (Phi) is 6.05. The number of nitrogens with one attached hydrogen (secondary N) is 1. The van der Waals surface area contributed by atoms with Crippen LogP contribution in [-0.4, -0.2) is 26.6 Å². The van der Waals surface area contributed by atoms with Crippen LogP contribution in [0, 0.1) is 11.7 Å². The van der Waals surface area contributed by atoms with Crippen LogP contribution in [0.15, 0.2) is 24.3 Å². The highest BCUT2D eigenvalue weighted by molar-refractivity contribution is 7.89. The van der Waals surface area contributed by atoms with Gasteiger partial charge in [0.25, 0.3) is 0 Å². The predicted octanol–water partition coefficient (Wildman–Crippen LogP) is 2.16. The highest BCUT2D eigenvalue weighted by atomic mass is 35.5. The number of sulfonamides is 1. The molecule has 0 bridgehead atoms. The largest absolute Gasteiger partial charge is 0.215 e. The van der Waals surface area contributed by atoms with Gasteiger partial charge in [0.05, 0.1) is 5.75 Å². The molecule has 0 saturated heterocycles. The molecule has 1 rings (SSSR count). The zero-order valence-corrected chi connectivity index (χ0v) is 11.8. The van der Waals surface area contributed by atoms with Crippen molar-refractivity contribution in [1.29, 1.82) is 0 Å². The van der Waals surface area contributed by atoms with E-state index in [9.17, 15) is 12.8 Å². The van der Waals surface area contributed by atoms with E-state index in [2.05, 4.69) is 4.72 Å². The van der Waals surface area contributed by atoms with E-state index in [-0.39, 0.29) is 24.0 Å². The Bertz CT molecular complexity index is 479. The second kappa shape index (κ2) is 7.07. The molecular formula is C12H17ClFNO2S. The highest BCUT2D eigenvalue weighted by Gasteiger charge is 2.14. The number of rotatable bonds is 7. The lowest BCUT2D eigenvalue weighted by Crippen LogP contribution is -2.31. The van der Waals surface area contributed by atoms with Gasteiger partial charge in [0.2, 0.25) is 10.0 Å². The molecule has 1 aromatic rings. The molecule has 0 spiro atoms. The summed E-state index contributed by atoms with van der Waals surface area (Å²) in [5, 5.41) is 0. The fraction of sp³-hybridized carbons (Fsp3) is 0.500. The Labute approximate surface area is 112 Å². The van der Waals surface area contributed by atoms with Gasteiger partial charge in [-0.3, -0.25) is 0 Å². The van der Waals surface area contributed by atoms with Gasteiger partial charge >= 0.3 is 0 Å². The molecule has 0 aliphatic rings. The van der Waals surface area contributed by atoms with Gasteiger partial charge in [-0.1, -0.05) is 25.1 Å². The van der Waals surface area contributed by atoms with Crippen LogP contribution in [0.25, 0.3) is 0 Å². The molecule has 0 heterocycles. The van der Waals surface area contributed by atoms with Crippen LogP contribution in [0.3, 0.4) is 0 Å². The van der Waals surface area contributed by atoms with Gasteiger partial charge in [-0.05, 0) is 24.0 Å². The van der Waals surface area contributed by atoms with Crippen LogP contribution in [0.2, 0.25) is 0 Å². The van der Waals surface area contributed by atoms with Crippen molar-refractivity contribution in [1.82, 2.24) is 4.72 Å². The number of benzene rings is 1. The van der Waals surface area contributed by atoms with E-state index in [0.717, 1.165) is 0 Å². The average Bonchev–Trinajstić information content (AvgIpc) is 2.30. The number of hydrogen-bond donors (Lipinski definition) is 1. The van der Waals surface area contributed by atoms with Gasteiger partial charge in [-0.15, -0.1) is 11.6 Å². The van der Waals surface area contributed by atoms with E-state index in [1.165, 1.54) is 6.07 Å². The third kappa shape index (κ3) is 5.33. The van der Waals surface area contributed by atoms with Crippen molar-refractivity contribution >= 4 is 21.6 Å². The fourth-order valence-electron chi connectivity index (χ4n) is 1.52. The molecule has 3 nitrogen and oxygen atoms in total. The summed E-state index contributed by atoms with van der Waals surface area (Å²) in [6.07, 6.45) is 0.334. The van der Waals surface area contributed by atoms with E-state index in [4.69, 9.17) is 11.6 Å². The molecule has 0 fully saturated rings. The van der Waals surface area contributed by atoms with Crippen LogP contribution < -0.4 is 4.72 Å². The van der Waals surface area contributed by atoms with Gasteiger partial charge in [-0.2, -0.15) is 0 Å². The van der Waals surface area contributed by atoms with E-state index in [1.807, 2.05) is 0 Å². The Balaban J connectivity index is 2.44.